The lowest BCUT2D eigenvalue weighted by atomic mass is 9.96. The van der Waals surface area contributed by atoms with Gasteiger partial charge >= 0.3 is 0 Å². The minimum absolute atomic E-state index is 0.0853. The number of halogens is 1. The number of benzene rings is 1. The van der Waals surface area contributed by atoms with Crippen LogP contribution in [0.5, 0.6) is 0 Å². The summed E-state index contributed by atoms with van der Waals surface area (Å²) in [6.45, 7) is 5.68. The molecule has 2 N–H and O–H groups in total. The fraction of sp³-hybridized carbons (Fsp3) is 0.467. The number of likely N-dealkylation sites (N-methyl/N-ethyl adjacent to an activating group) is 1. The summed E-state index contributed by atoms with van der Waals surface area (Å²) in [4.78, 5) is 27.9. The van der Waals surface area contributed by atoms with Crippen LogP contribution in [-0.4, -0.2) is 47.3 Å². The van der Waals surface area contributed by atoms with Crippen LogP contribution in [0.1, 0.15) is 29.8 Å². The lowest BCUT2D eigenvalue weighted by molar-refractivity contribution is -0.144. The maximum atomic E-state index is 14.2. The highest BCUT2D eigenvalue weighted by Crippen LogP contribution is 2.26. The summed E-state index contributed by atoms with van der Waals surface area (Å²) in [6.07, 6.45) is 0. The quantitative estimate of drug-likeness (QED) is 0.796. The van der Waals surface area contributed by atoms with E-state index >= 15 is 0 Å². The highest BCUT2D eigenvalue weighted by Gasteiger charge is 2.43. The molecule has 0 bridgehead atoms. The summed E-state index contributed by atoms with van der Waals surface area (Å²) < 4.78 is 14.2. The number of amides is 2. The molecule has 1 saturated heterocycles. The van der Waals surface area contributed by atoms with Crippen LogP contribution in [0.2, 0.25) is 0 Å². The predicted molar refractivity (Wildman–Crippen MR) is 78.3 cm³/mol. The molecule has 1 aliphatic rings. The van der Waals surface area contributed by atoms with E-state index in [-0.39, 0.29) is 11.5 Å². The van der Waals surface area contributed by atoms with Crippen LogP contribution in [0.4, 0.5) is 10.1 Å². The second-order valence-electron chi connectivity index (χ2n) is 5.94. The van der Waals surface area contributed by atoms with E-state index in [9.17, 15) is 14.0 Å². The van der Waals surface area contributed by atoms with Crippen molar-refractivity contribution < 1.29 is 14.0 Å². The number of carbonyl (C=O) groups is 2. The average Bonchev–Trinajstić information content (AvgIpc) is 2.39. The number of hydrogen-bond donors (Lipinski definition) is 1. The van der Waals surface area contributed by atoms with E-state index in [1.165, 1.54) is 17.0 Å². The second kappa shape index (κ2) is 5.02. The Kier molecular flexibility index (Phi) is 3.65. The van der Waals surface area contributed by atoms with Crippen LogP contribution in [0, 0.1) is 12.7 Å². The molecule has 0 atom stereocenters. The van der Waals surface area contributed by atoms with Gasteiger partial charge in [-0.3, -0.25) is 9.59 Å². The minimum atomic E-state index is -1.00. The van der Waals surface area contributed by atoms with Crippen molar-refractivity contribution in [3.63, 3.8) is 0 Å². The molecule has 1 fully saturated rings. The maximum Gasteiger partial charge on any atom is 0.257 e. The molecule has 0 aromatic heterocycles. The normalized spacial score (nSPS) is 18.0. The van der Waals surface area contributed by atoms with E-state index in [1.54, 1.807) is 32.7 Å². The zero-order chi connectivity index (χ0) is 15.9. The molecular formula is C15H20FN3O2. The van der Waals surface area contributed by atoms with Crippen molar-refractivity contribution >= 4 is 17.5 Å². The van der Waals surface area contributed by atoms with E-state index in [4.69, 9.17) is 5.73 Å². The molecule has 0 aliphatic carbocycles. The smallest absolute Gasteiger partial charge is 0.257 e. The van der Waals surface area contributed by atoms with Crippen molar-refractivity contribution in [3.8, 4) is 0 Å². The van der Waals surface area contributed by atoms with Crippen molar-refractivity contribution in [3.05, 3.63) is 29.1 Å². The number of piperazine rings is 1. The first-order valence-corrected chi connectivity index (χ1v) is 6.79. The lowest BCUT2D eigenvalue weighted by Crippen LogP contribution is -2.63. The molecule has 21 heavy (non-hydrogen) atoms. The predicted octanol–water partition coefficient (Wildman–Crippen LogP) is 1.41. The summed E-state index contributed by atoms with van der Waals surface area (Å²) >= 11 is 0. The van der Waals surface area contributed by atoms with Gasteiger partial charge in [-0.15, -0.1) is 0 Å². The highest BCUT2D eigenvalue weighted by atomic mass is 19.1. The third-order valence-electron chi connectivity index (χ3n) is 3.96. The van der Waals surface area contributed by atoms with Crippen molar-refractivity contribution in [2.45, 2.75) is 26.3 Å². The molecule has 1 heterocycles. The molecule has 0 spiro atoms. The largest absolute Gasteiger partial charge is 0.399 e. The Labute approximate surface area is 123 Å². The number of aryl methyl sites for hydroxylation is 1. The molecule has 2 amide bonds. The number of anilines is 1. The molecule has 2 rings (SSSR count). The van der Waals surface area contributed by atoms with Gasteiger partial charge in [0.1, 0.15) is 11.4 Å². The topological polar surface area (TPSA) is 66.6 Å². The average molecular weight is 293 g/mol. The van der Waals surface area contributed by atoms with Gasteiger partial charge in [0.15, 0.2) is 0 Å². The Morgan fingerprint density at radius 3 is 2.57 bits per heavy atom. The molecule has 0 unspecified atom stereocenters. The van der Waals surface area contributed by atoms with Crippen LogP contribution in [0.3, 0.4) is 0 Å². The molecule has 0 saturated carbocycles. The Morgan fingerprint density at radius 2 is 1.95 bits per heavy atom. The SMILES string of the molecule is Cc1cc(N)cc(C(=O)N2CCN(C)C(=O)C2(C)C)c1F. The second-order valence-corrected chi connectivity index (χ2v) is 5.94. The molecule has 1 aromatic carbocycles. The van der Waals surface area contributed by atoms with Crippen LogP contribution >= 0.6 is 0 Å². The van der Waals surface area contributed by atoms with Gasteiger partial charge in [0.25, 0.3) is 5.91 Å². The van der Waals surface area contributed by atoms with E-state index in [1.807, 2.05) is 0 Å². The maximum absolute atomic E-state index is 14.2. The standard InChI is InChI=1S/C15H20FN3O2/c1-9-7-10(17)8-11(12(9)16)13(20)19-6-5-18(4)14(21)15(19,2)3/h7-8H,5-6,17H2,1-4H3. The Bertz CT molecular complexity index is 613. The van der Waals surface area contributed by atoms with Crippen molar-refractivity contribution in [1.29, 1.82) is 0 Å². The lowest BCUT2D eigenvalue weighted by Gasteiger charge is -2.44. The highest BCUT2D eigenvalue weighted by molar-refractivity contribution is 6.00. The van der Waals surface area contributed by atoms with Gasteiger partial charge in [-0.25, -0.2) is 4.39 Å². The van der Waals surface area contributed by atoms with Gasteiger partial charge in [0, 0.05) is 25.8 Å². The molecular weight excluding hydrogens is 273 g/mol. The fourth-order valence-electron chi connectivity index (χ4n) is 2.67. The van der Waals surface area contributed by atoms with E-state index in [0.717, 1.165) is 0 Å². The molecule has 6 heteroatoms. The number of nitrogens with zero attached hydrogens (tertiary/aromatic N) is 2. The van der Waals surface area contributed by atoms with Crippen LogP contribution in [0.15, 0.2) is 12.1 Å². The number of rotatable bonds is 1. The van der Waals surface area contributed by atoms with Crippen LogP contribution in [-0.2, 0) is 4.79 Å². The van der Waals surface area contributed by atoms with Crippen LogP contribution in [0.25, 0.3) is 0 Å². The van der Waals surface area contributed by atoms with Crippen molar-refractivity contribution in [2.24, 2.45) is 0 Å². The van der Waals surface area contributed by atoms with Gasteiger partial charge in [-0.05, 0) is 38.5 Å². The monoisotopic (exact) mass is 293 g/mol. The minimum Gasteiger partial charge on any atom is -0.399 e. The zero-order valence-corrected chi connectivity index (χ0v) is 12.7. The molecule has 0 radical (unpaired) electrons. The summed E-state index contributed by atoms with van der Waals surface area (Å²) in [5, 5.41) is 0. The zero-order valence-electron chi connectivity index (χ0n) is 12.7. The summed E-state index contributed by atoms with van der Waals surface area (Å²) in [7, 11) is 1.69. The number of nitrogens with two attached hydrogens (primary N) is 1. The van der Waals surface area contributed by atoms with E-state index in [0.29, 0.717) is 24.3 Å². The summed E-state index contributed by atoms with van der Waals surface area (Å²) in [5.74, 6) is -1.26. The van der Waals surface area contributed by atoms with Gasteiger partial charge in [-0.1, -0.05) is 0 Å². The van der Waals surface area contributed by atoms with E-state index in [2.05, 4.69) is 0 Å². The van der Waals surface area contributed by atoms with Crippen molar-refractivity contribution in [1.82, 2.24) is 9.80 Å². The van der Waals surface area contributed by atoms with Gasteiger partial charge in [-0.2, -0.15) is 0 Å². The molecule has 5 nitrogen and oxygen atoms in total. The summed E-state index contributed by atoms with van der Waals surface area (Å²) in [6, 6.07) is 2.80. The third kappa shape index (κ3) is 2.46. The Balaban J connectivity index is 2.43. The fourth-order valence-corrected chi connectivity index (χ4v) is 2.67. The first-order chi connectivity index (χ1) is 9.66. The van der Waals surface area contributed by atoms with Gasteiger partial charge < -0.3 is 15.5 Å². The molecule has 1 aliphatic heterocycles. The summed E-state index contributed by atoms with van der Waals surface area (Å²) in [5.41, 5.74) is 5.26. The Hall–Kier alpha value is -2.11. The van der Waals surface area contributed by atoms with Gasteiger partial charge in [0.2, 0.25) is 5.91 Å². The van der Waals surface area contributed by atoms with Crippen LogP contribution < -0.4 is 5.73 Å². The Morgan fingerprint density at radius 1 is 1.33 bits per heavy atom. The number of nitrogen functional groups attached to an aromatic ring is 1. The van der Waals surface area contributed by atoms with Crippen molar-refractivity contribution in [2.75, 3.05) is 25.9 Å². The molecule has 1 aromatic rings. The third-order valence-corrected chi connectivity index (χ3v) is 3.96. The van der Waals surface area contributed by atoms with Gasteiger partial charge in [0.05, 0.1) is 5.56 Å². The number of hydrogen-bond acceptors (Lipinski definition) is 3. The molecule has 114 valence electrons. The first kappa shape index (κ1) is 15.3. The van der Waals surface area contributed by atoms with E-state index < -0.39 is 17.3 Å². The first-order valence-electron chi connectivity index (χ1n) is 6.79. The number of carbonyl (C=O) groups excluding carboxylic acids is 2.